The number of aliphatic carboxylic acids is 1. The second-order valence-electron chi connectivity index (χ2n) is 6.59. The first-order valence-electron chi connectivity index (χ1n) is 9.07. The van der Waals surface area contributed by atoms with Crippen LogP contribution in [0.2, 0.25) is 0 Å². The highest BCUT2D eigenvalue weighted by Crippen LogP contribution is 2.28. The van der Waals surface area contributed by atoms with Crippen molar-refractivity contribution in [1.82, 2.24) is 4.90 Å². The highest BCUT2D eigenvalue weighted by Gasteiger charge is 2.23. The Labute approximate surface area is 154 Å². The number of carboxylic acids is 1. The number of anilines is 1. The van der Waals surface area contributed by atoms with Gasteiger partial charge in [0.15, 0.2) is 0 Å². The zero-order chi connectivity index (χ0) is 18.4. The number of ether oxygens (including phenoxy) is 1. The lowest BCUT2D eigenvalue weighted by Crippen LogP contribution is -2.47. The highest BCUT2D eigenvalue weighted by atomic mass is 16.5. The number of carbonyl (C=O) groups is 1. The Hall–Kier alpha value is -2.53. The summed E-state index contributed by atoms with van der Waals surface area (Å²) in [7, 11) is 1.70. The SMILES string of the molecule is COc1ccccc1N1CCN(CCC(C(=O)O)c2ccccc2)CC1. The summed E-state index contributed by atoms with van der Waals surface area (Å²) in [4.78, 5) is 16.3. The van der Waals surface area contributed by atoms with Crippen molar-refractivity contribution in [2.75, 3.05) is 44.7 Å². The van der Waals surface area contributed by atoms with Crippen LogP contribution in [0.25, 0.3) is 0 Å². The molecule has 0 aromatic heterocycles. The van der Waals surface area contributed by atoms with Gasteiger partial charge in [-0.2, -0.15) is 0 Å². The molecule has 1 fully saturated rings. The molecule has 1 unspecified atom stereocenters. The maximum atomic E-state index is 11.6. The fourth-order valence-electron chi connectivity index (χ4n) is 3.53. The Morgan fingerprint density at radius 2 is 1.69 bits per heavy atom. The van der Waals surface area contributed by atoms with Crippen molar-refractivity contribution in [3.05, 3.63) is 60.2 Å². The number of rotatable bonds is 7. The molecule has 2 aromatic rings. The van der Waals surface area contributed by atoms with E-state index in [1.807, 2.05) is 48.5 Å². The van der Waals surface area contributed by atoms with Gasteiger partial charge in [0.05, 0.1) is 18.7 Å². The highest BCUT2D eigenvalue weighted by molar-refractivity contribution is 5.76. The van der Waals surface area contributed by atoms with Crippen molar-refractivity contribution in [1.29, 1.82) is 0 Å². The summed E-state index contributed by atoms with van der Waals surface area (Å²) in [6.07, 6.45) is 0.633. The summed E-state index contributed by atoms with van der Waals surface area (Å²) >= 11 is 0. The minimum absolute atomic E-state index is 0.441. The summed E-state index contributed by atoms with van der Waals surface area (Å²) in [5, 5.41) is 9.56. The fraction of sp³-hybridized carbons (Fsp3) is 0.381. The first-order chi connectivity index (χ1) is 12.7. The minimum Gasteiger partial charge on any atom is -0.495 e. The van der Waals surface area contributed by atoms with Crippen LogP contribution in [0.3, 0.4) is 0 Å². The third-order valence-corrected chi connectivity index (χ3v) is 5.03. The zero-order valence-electron chi connectivity index (χ0n) is 15.2. The predicted molar refractivity (Wildman–Crippen MR) is 103 cm³/mol. The average molecular weight is 354 g/mol. The largest absolute Gasteiger partial charge is 0.495 e. The molecule has 1 atom stereocenters. The van der Waals surface area contributed by atoms with E-state index in [1.165, 1.54) is 0 Å². The summed E-state index contributed by atoms with van der Waals surface area (Å²) in [6.45, 7) is 4.50. The molecule has 0 aliphatic carbocycles. The standard InChI is InChI=1S/C21H26N2O3/c1-26-20-10-6-5-9-19(20)23-15-13-22(14-16-23)12-11-18(21(24)25)17-7-3-2-4-8-17/h2-10,18H,11-16H2,1H3,(H,24,25). The van der Waals surface area contributed by atoms with Gasteiger partial charge in [-0.05, 0) is 30.7 Å². The predicted octanol–water partition coefficient (Wildman–Crippen LogP) is 3.08. The first-order valence-corrected chi connectivity index (χ1v) is 9.07. The van der Waals surface area contributed by atoms with Gasteiger partial charge in [-0.1, -0.05) is 42.5 Å². The van der Waals surface area contributed by atoms with Crippen LogP contribution < -0.4 is 9.64 Å². The lowest BCUT2D eigenvalue weighted by atomic mass is 9.95. The van der Waals surface area contributed by atoms with Gasteiger partial charge in [0.25, 0.3) is 0 Å². The van der Waals surface area contributed by atoms with E-state index in [0.29, 0.717) is 6.42 Å². The molecule has 5 heteroatoms. The van der Waals surface area contributed by atoms with E-state index in [0.717, 1.165) is 49.7 Å². The van der Waals surface area contributed by atoms with Gasteiger partial charge in [-0.25, -0.2) is 0 Å². The number of piperazine rings is 1. The second kappa shape index (κ2) is 8.72. The van der Waals surface area contributed by atoms with Crippen LogP contribution in [0.4, 0.5) is 5.69 Å². The van der Waals surface area contributed by atoms with E-state index in [2.05, 4.69) is 15.9 Å². The van der Waals surface area contributed by atoms with Crippen LogP contribution in [0.1, 0.15) is 17.9 Å². The molecule has 1 aliphatic heterocycles. The number of benzene rings is 2. The van der Waals surface area contributed by atoms with Crippen LogP contribution in [0.15, 0.2) is 54.6 Å². The molecule has 2 aromatic carbocycles. The number of nitrogens with zero attached hydrogens (tertiary/aromatic N) is 2. The van der Waals surface area contributed by atoms with Gasteiger partial charge in [0, 0.05) is 26.2 Å². The quantitative estimate of drug-likeness (QED) is 0.828. The molecule has 3 rings (SSSR count). The smallest absolute Gasteiger partial charge is 0.311 e. The molecule has 1 N–H and O–H groups in total. The zero-order valence-corrected chi connectivity index (χ0v) is 15.2. The number of hydrogen-bond donors (Lipinski definition) is 1. The maximum absolute atomic E-state index is 11.6. The minimum atomic E-state index is -0.746. The molecule has 0 bridgehead atoms. The van der Waals surface area contributed by atoms with Gasteiger partial charge < -0.3 is 14.7 Å². The normalized spacial score (nSPS) is 16.3. The van der Waals surface area contributed by atoms with E-state index in [9.17, 15) is 9.90 Å². The lowest BCUT2D eigenvalue weighted by Gasteiger charge is -2.37. The lowest BCUT2D eigenvalue weighted by molar-refractivity contribution is -0.139. The third kappa shape index (κ3) is 4.35. The number of methoxy groups -OCH3 is 1. The Balaban J connectivity index is 1.54. The van der Waals surface area contributed by atoms with Crippen molar-refractivity contribution < 1.29 is 14.6 Å². The molecule has 138 valence electrons. The molecular formula is C21H26N2O3. The molecular weight excluding hydrogens is 328 g/mol. The van der Waals surface area contributed by atoms with E-state index in [1.54, 1.807) is 7.11 Å². The van der Waals surface area contributed by atoms with Crippen LogP contribution in [0, 0.1) is 0 Å². The Morgan fingerprint density at radius 1 is 1.04 bits per heavy atom. The topological polar surface area (TPSA) is 53.0 Å². The average Bonchev–Trinajstić information content (AvgIpc) is 2.69. The van der Waals surface area contributed by atoms with E-state index in [-0.39, 0.29) is 0 Å². The first kappa shape index (κ1) is 18.3. The molecule has 1 heterocycles. The van der Waals surface area contributed by atoms with Crippen molar-refractivity contribution >= 4 is 11.7 Å². The summed E-state index contributed by atoms with van der Waals surface area (Å²) in [6, 6.07) is 17.6. The Morgan fingerprint density at radius 3 is 2.35 bits per heavy atom. The molecule has 0 amide bonds. The molecule has 0 saturated carbocycles. The second-order valence-corrected chi connectivity index (χ2v) is 6.59. The van der Waals surface area contributed by atoms with Crippen molar-refractivity contribution in [3.63, 3.8) is 0 Å². The summed E-state index contributed by atoms with van der Waals surface area (Å²) in [5.41, 5.74) is 2.01. The van der Waals surface area contributed by atoms with Crippen LogP contribution >= 0.6 is 0 Å². The van der Waals surface area contributed by atoms with Gasteiger partial charge in [0.1, 0.15) is 5.75 Å². The Kier molecular flexibility index (Phi) is 6.12. The third-order valence-electron chi connectivity index (χ3n) is 5.03. The number of para-hydroxylation sites is 2. The van der Waals surface area contributed by atoms with Gasteiger partial charge in [-0.15, -0.1) is 0 Å². The van der Waals surface area contributed by atoms with Crippen molar-refractivity contribution in [3.8, 4) is 5.75 Å². The molecule has 0 radical (unpaired) electrons. The fourth-order valence-corrected chi connectivity index (χ4v) is 3.53. The molecule has 1 saturated heterocycles. The monoisotopic (exact) mass is 354 g/mol. The van der Waals surface area contributed by atoms with Crippen LogP contribution in [0.5, 0.6) is 5.75 Å². The maximum Gasteiger partial charge on any atom is 0.311 e. The number of hydrogen-bond acceptors (Lipinski definition) is 4. The molecule has 26 heavy (non-hydrogen) atoms. The number of carboxylic acid groups (broad SMARTS) is 1. The van der Waals surface area contributed by atoms with E-state index >= 15 is 0 Å². The van der Waals surface area contributed by atoms with Gasteiger partial charge in [0.2, 0.25) is 0 Å². The van der Waals surface area contributed by atoms with E-state index in [4.69, 9.17) is 4.74 Å². The molecule has 1 aliphatic rings. The van der Waals surface area contributed by atoms with Crippen molar-refractivity contribution in [2.45, 2.75) is 12.3 Å². The Bertz CT molecular complexity index is 712. The van der Waals surface area contributed by atoms with Gasteiger partial charge in [-0.3, -0.25) is 9.69 Å². The van der Waals surface area contributed by atoms with Crippen LogP contribution in [-0.4, -0.2) is 55.8 Å². The molecule has 0 spiro atoms. The molecule has 5 nitrogen and oxygen atoms in total. The van der Waals surface area contributed by atoms with Gasteiger partial charge >= 0.3 is 5.97 Å². The summed E-state index contributed by atoms with van der Waals surface area (Å²) in [5.74, 6) is -0.289. The van der Waals surface area contributed by atoms with Crippen molar-refractivity contribution in [2.24, 2.45) is 0 Å². The summed E-state index contributed by atoms with van der Waals surface area (Å²) < 4.78 is 5.46. The van der Waals surface area contributed by atoms with Crippen LogP contribution in [-0.2, 0) is 4.79 Å². The van der Waals surface area contributed by atoms with E-state index < -0.39 is 11.9 Å².